The van der Waals surface area contributed by atoms with Gasteiger partial charge in [0.1, 0.15) is 0 Å². The first-order valence-electron chi connectivity index (χ1n) is 13.5. The lowest BCUT2D eigenvalue weighted by molar-refractivity contribution is 0.523. The van der Waals surface area contributed by atoms with Gasteiger partial charge in [-0.05, 0) is 17.5 Å². The molecule has 0 heteroatoms. The second-order valence-electron chi connectivity index (χ2n) is 9.47. The van der Waals surface area contributed by atoms with Gasteiger partial charge >= 0.3 is 0 Å². The fraction of sp³-hybridized carbons (Fsp3) is 0.613. The summed E-state index contributed by atoms with van der Waals surface area (Å²) in [4.78, 5) is 0. The topological polar surface area (TPSA) is 0 Å². The van der Waals surface area contributed by atoms with Crippen molar-refractivity contribution in [2.75, 3.05) is 0 Å². The van der Waals surface area contributed by atoms with Crippen molar-refractivity contribution in [2.45, 2.75) is 122 Å². The maximum Gasteiger partial charge on any atom is 0.00893 e. The van der Waals surface area contributed by atoms with Crippen molar-refractivity contribution in [3.63, 3.8) is 0 Å². The molecule has 0 saturated heterocycles. The molecular weight excluding hydrogens is 372 g/mol. The van der Waals surface area contributed by atoms with Crippen LogP contribution in [0.5, 0.6) is 0 Å². The molecule has 0 aromatic heterocycles. The molecule has 0 atom stereocenters. The van der Waals surface area contributed by atoms with Crippen molar-refractivity contribution in [3.8, 4) is 0 Å². The molecule has 0 aliphatic carbocycles. The minimum atomic E-state index is 0.550. The molecule has 0 fully saturated rings. The van der Waals surface area contributed by atoms with Crippen LogP contribution in [0.2, 0.25) is 0 Å². The standard InChI is InChI=1S/C31H48/c1-2-3-4-5-6-7-8-9-10-11-12-13-14-15-16-23-28-31(29-24-19-17-20-25-29)30-26-21-18-22-27-30/h17-22,24-27,31H,2-16,23,28H2,1H3. The van der Waals surface area contributed by atoms with Crippen LogP contribution in [0.25, 0.3) is 0 Å². The predicted octanol–water partition coefficient (Wildman–Crippen LogP) is 10.5. The van der Waals surface area contributed by atoms with Crippen LogP contribution in [-0.2, 0) is 0 Å². The maximum atomic E-state index is 2.30. The van der Waals surface area contributed by atoms with E-state index in [0.717, 1.165) is 0 Å². The van der Waals surface area contributed by atoms with E-state index in [1.54, 1.807) is 0 Å². The molecule has 31 heavy (non-hydrogen) atoms. The summed E-state index contributed by atoms with van der Waals surface area (Å²) < 4.78 is 0. The zero-order valence-electron chi connectivity index (χ0n) is 20.4. The van der Waals surface area contributed by atoms with E-state index >= 15 is 0 Å². The third-order valence-corrected chi connectivity index (χ3v) is 6.75. The Kier molecular flexibility index (Phi) is 15.0. The summed E-state index contributed by atoms with van der Waals surface area (Å²) in [6, 6.07) is 22.2. The summed E-state index contributed by atoms with van der Waals surface area (Å²) in [5.74, 6) is 0.550. The highest BCUT2D eigenvalue weighted by Gasteiger charge is 2.13. The molecule has 0 amide bonds. The van der Waals surface area contributed by atoms with E-state index < -0.39 is 0 Å². The van der Waals surface area contributed by atoms with Crippen LogP contribution >= 0.6 is 0 Å². The van der Waals surface area contributed by atoms with Crippen LogP contribution in [0, 0.1) is 0 Å². The lowest BCUT2D eigenvalue weighted by atomic mass is 9.87. The van der Waals surface area contributed by atoms with Gasteiger partial charge in [-0.3, -0.25) is 0 Å². The van der Waals surface area contributed by atoms with Crippen molar-refractivity contribution < 1.29 is 0 Å². The fourth-order valence-electron chi connectivity index (χ4n) is 4.79. The molecule has 172 valence electrons. The number of benzene rings is 2. The van der Waals surface area contributed by atoms with E-state index in [1.165, 1.54) is 120 Å². The van der Waals surface area contributed by atoms with Gasteiger partial charge in [0, 0.05) is 5.92 Å². The lowest BCUT2D eigenvalue weighted by Gasteiger charge is -2.18. The summed E-state index contributed by atoms with van der Waals surface area (Å²) in [5, 5.41) is 0. The predicted molar refractivity (Wildman–Crippen MR) is 139 cm³/mol. The van der Waals surface area contributed by atoms with Crippen LogP contribution in [-0.4, -0.2) is 0 Å². The molecule has 0 heterocycles. The molecule has 0 radical (unpaired) electrons. The molecule has 0 aliphatic heterocycles. The average Bonchev–Trinajstić information content (AvgIpc) is 2.82. The summed E-state index contributed by atoms with van der Waals surface area (Å²) in [6.07, 6.45) is 24.2. The Morgan fingerprint density at radius 3 is 1.10 bits per heavy atom. The second kappa shape index (κ2) is 18.1. The van der Waals surface area contributed by atoms with E-state index in [4.69, 9.17) is 0 Å². The first-order chi connectivity index (χ1) is 15.4. The number of hydrogen-bond donors (Lipinski definition) is 0. The second-order valence-corrected chi connectivity index (χ2v) is 9.47. The molecule has 0 N–H and O–H groups in total. The highest BCUT2D eigenvalue weighted by Crippen LogP contribution is 2.30. The molecule has 0 aliphatic rings. The largest absolute Gasteiger partial charge is 0.0654 e. The smallest absolute Gasteiger partial charge is 0.00893 e. The van der Waals surface area contributed by atoms with Crippen molar-refractivity contribution in [1.29, 1.82) is 0 Å². The van der Waals surface area contributed by atoms with Gasteiger partial charge in [-0.25, -0.2) is 0 Å². The quantitative estimate of drug-likeness (QED) is 0.198. The highest BCUT2D eigenvalue weighted by molar-refractivity contribution is 5.32. The lowest BCUT2D eigenvalue weighted by Crippen LogP contribution is -2.01. The Balaban J connectivity index is 1.46. The van der Waals surface area contributed by atoms with Gasteiger partial charge in [-0.2, -0.15) is 0 Å². The number of unbranched alkanes of at least 4 members (excludes halogenated alkanes) is 15. The molecule has 2 aromatic rings. The Labute approximate surface area is 193 Å². The molecule has 0 nitrogen and oxygen atoms in total. The SMILES string of the molecule is CCCCCCCCCCCCCCCCCCC(c1ccccc1)c1ccccc1. The average molecular weight is 421 g/mol. The van der Waals surface area contributed by atoms with Gasteiger partial charge in [0.25, 0.3) is 0 Å². The van der Waals surface area contributed by atoms with Gasteiger partial charge < -0.3 is 0 Å². The van der Waals surface area contributed by atoms with E-state index in [-0.39, 0.29) is 0 Å². The molecule has 2 aromatic carbocycles. The molecule has 0 bridgehead atoms. The molecule has 0 spiro atoms. The van der Waals surface area contributed by atoms with Crippen LogP contribution in [0.15, 0.2) is 60.7 Å². The van der Waals surface area contributed by atoms with Crippen molar-refractivity contribution in [2.24, 2.45) is 0 Å². The summed E-state index contributed by atoms with van der Waals surface area (Å²) in [5.41, 5.74) is 2.93. The van der Waals surface area contributed by atoms with Crippen molar-refractivity contribution >= 4 is 0 Å². The van der Waals surface area contributed by atoms with Crippen LogP contribution in [0.4, 0.5) is 0 Å². The zero-order chi connectivity index (χ0) is 21.8. The van der Waals surface area contributed by atoms with Crippen LogP contribution in [0.1, 0.15) is 133 Å². The summed E-state index contributed by atoms with van der Waals surface area (Å²) in [6.45, 7) is 2.30. The maximum absolute atomic E-state index is 2.30. The zero-order valence-corrected chi connectivity index (χ0v) is 20.4. The van der Waals surface area contributed by atoms with E-state index in [1.807, 2.05) is 0 Å². The molecule has 2 rings (SSSR count). The molecule has 0 unspecified atom stereocenters. The van der Waals surface area contributed by atoms with Crippen molar-refractivity contribution in [3.05, 3.63) is 71.8 Å². The Bertz CT molecular complexity index is 576. The molecular formula is C31H48. The Morgan fingerprint density at radius 1 is 0.419 bits per heavy atom. The van der Waals surface area contributed by atoms with Crippen LogP contribution < -0.4 is 0 Å². The fourth-order valence-corrected chi connectivity index (χ4v) is 4.79. The summed E-state index contributed by atoms with van der Waals surface area (Å²) in [7, 11) is 0. The Hall–Kier alpha value is -1.56. The number of hydrogen-bond acceptors (Lipinski definition) is 0. The van der Waals surface area contributed by atoms with Gasteiger partial charge in [0.2, 0.25) is 0 Å². The highest BCUT2D eigenvalue weighted by atomic mass is 14.2. The summed E-state index contributed by atoms with van der Waals surface area (Å²) >= 11 is 0. The van der Waals surface area contributed by atoms with Gasteiger partial charge in [0.15, 0.2) is 0 Å². The normalized spacial score (nSPS) is 11.3. The van der Waals surface area contributed by atoms with Gasteiger partial charge in [-0.1, -0.05) is 170 Å². The Morgan fingerprint density at radius 2 is 0.742 bits per heavy atom. The minimum Gasteiger partial charge on any atom is -0.0654 e. The van der Waals surface area contributed by atoms with E-state index in [9.17, 15) is 0 Å². The monoisotopic (exact) mass is 420 g/mol. The third-order valence-electron chi connectivity index (χ3n) is 6.75. The first-order valence-corrected chi connectivity index (χ1v) is 13.5. The number of rotatable bonds is 19. The first kappa shape index (κ1) is 25.7. The van der Waals surface area contributed by atoms with E-state index in [0.29, 0.717) is 5.92 Å². The van der Waals surface area contributed by atoms with E-state index in [2.05, 4.69) is 67.6 Å². The minimum absolute atomic E-state index is 0.550. The van der Waals surface area contributed by atoms with Crippen LogP contribution in [0.3, 0.4) is 0 Å². The third kappa shape index (κ3) is 12.2. The van der Waals surface area contributed by atoms with Gasteiger partial charge in [-0.15, -0.1) is 0 Å². The van der Waals surface area contributed by atoms with Gasteiger partial charge in [0.05, 0.1) is 0 Å². The van der Waals surface area contributed by atoms with Crippen molar-refractivity contribution in [1.82, 2.24) is 0 Å². The molecule has 0 saturated carbocycles.